The van der Waals surface area contributed by atoms with E-state index in [1.165, 1.54) is 0 Å². The van der Waals surface area contributed by atoms with E-state index < -0.39 is 0 Å². The Hall–Kier alpha value is -0.0800. The fourth-order valence-corrected chi connectivity index (χ4v) is 0.956. The summed E-state index contributed by atoms with van der Waals surface area (Å²) in [5.74, 6) is 0.463. The summed E-state index contributed by atoms with van der Waals surface area (Å²) in [6.45, 7) is 7.78. The number of rotatable bonds is 6. The smallest absolute Gasteiger partial charge is 0.188 e. The zero-order chi connectivity index (χ0) is 11.7. The predicted molar refractivity (Wildman–Crippen MR) is 77.3 cm³/mol. The number of halogens is 1. The van der Waals surface area contributed by atoms with Crippen molar-refractivity contribution in [3.05, 3.63) is 0 Å². The second-order valence-corrected chi connectivity index (χ2v) is 4.33. The molecule has 0 fully saturated rings. The Morgan fingerprint density at radius 3 is 2.50 bits per heavy atom. The van der Waals surface area contributed by atoms with Gasteiger partial charge >= 0.3 is 0 Å². The van der Waals surface area contributed by atoms with E-state index in [0.717, 1.165) is 6.42 Å². The van der Waals surface area contributed by atoms with Gasteiger partial charge in [0.2, 0.25) is 0 Å². The van der Waals surface area contributed by atoms with Crippen molar-refractivity contribution in [2.75, 3.05) is 26.4 Å². The number of aliphatic hydroxyl groups excluding tert-OH is 1. The lowest BCUT2D eigenvalue weighted by atomic mass is 10.1. The number of nitrogens with zero attached hydrogens (tertiary/aromatic N) is 1. The van der Waals surface area contributed by atoms with Gasteiger partial charge in [0.05, 0.1) is 13.2 Å². The van der Waals surface area contributed by atoms with Gasteiger partial charge in [0.15, 0.2) is 5.96 Å². The Morgan fingerprint density at radius 2 is 2.00 bits per heavy atom. The molecule has 0 rings (SSSR count). The molecular formula is C10H24IN3O2. The number of ether oxygens (including phenoxy) is 1. The quantitative estimate of drug-likeness (QED) is 0.287. The highest BCUT2D eigenvalue weighted by Crippen LogP contribution is 1.97. The number of nitrogens with two attached hydrogens (primary N) is 1. The summed E-state index contributed by atoms with van der Waals surface area (Å²) in [5.41, 5.74) is 5.60. The summed E-state index contributed by atoms with van der Waals surface area (Å²) in [4.78, 5) is 4.15. The average Bonchev–Trinajstić information content (AvgIpc) is 2.08. The zero-order valence-corrected chi connectivity index (χ0v) is 12.7. The minimum Gasteiger partial charge on any atom is -0.394 e. The molecule has 0 aromatic heterocycles. The van der Waals surface area contributed by atoms with Crippen molar-refractivity contribution in [3.8, 4) is 0 Å². The predicted octanol–water partition coefficient (Wildman–Crippen LogP) is 0.706. The molecule has 5 nitrogen and oxygen atoms in total. The van der Waals surface area contributed by atoms with Crippen LogP contribution in [0.2, 0.25) is 0 Å². The van der Waals surface area contributed by atoms with Crippen LogP contribution in [0.5, 0.6) is 0 Å². The minimum atomic E-state index is -0.0546. The zero-order valence-electron chi connectivity index (χ0n) is 10.3. The van der Waals surface area contributed by atoms with Gasteiger partial charge in [-0.2, -0.15) is 0 Å². The standard InChI is InChI=1S/C10H23N3O2.HI/c1-10(2,3)13-9(11)12-5-4-7-15-8-6-14;/h14H,4-8H2,1-3H3,(H3,11,12,13);1H. The fourth-order valence-electron chi connectivity index (χ4n) is 0.956. The van der Waals surface area contributed by atoms with E-state index in [1.54, 1.807) is 0 Å². The summed E-state index contributed by atoms with van der Waals surface area (Å²) in [6, 6.07) is 0. The lowest BCUT2D eigenvalue weighted by molar-refractivity contribution is 0.0918. The molecule has 0 unspecified atom stereocenters. The monoisotopic (exact) mass is 345 g/mol. The number of guanidine groups is 1. The van der Waals surface area contributed by atoms with Crippen LogP contribution in [0.15, 0.2) is 4.99 Å². The third-order valence-electron chi connectivity index (χ3n) is 1.47. The van der Waals surface area contributed by atoms with Crippen LogP contribution in [0.1, 0.15) is 27.2 Å². The van der Waals surface area contributed by atoms with Crippen molar-refractivity contribution in [3.63, 3.8) is 0 Å². The second-order valence-electron chi connectivity index (χ2n) is 4.33. The Morgan fingerprint density at radius 1 is 1.38 bits per heavy atom. The third kappa shape index (κ3) is 13.9. The molecule has 0 aromatic carbocycles. The number of aliphatic hydroxyl groups is 1. The molecule has 0 aliphatic carbocycles. The molecule has 0 saturated carbocycles. The molecule has 0 heterocycles. The highest BCUT2D eigenvalue weighted by Gasteiger charge is 2.09. The van der Waals surface area contributed by atoms with Crippen LogP contribution in [0.4, 0.5) is 0 Å². The summed E-state index contributed by atoms with van der Waals surface area (Å²) >= 11 is 0. The van der Waals surface area contributed by atoms with Gasteiger partial charge in [-0.15, -0.1) is 24.0 Å². The van der Waals surface area contributed by atoms with Gasteiger partial charge in [0.1, 0.15) is 0 Å². The maximum atomic E-state index is 8.46. The molecule has 16 heavy (non-hydrogen) atoms. The first-order valence-electron chi connectivity index (χ1n) is 5.22. The molecule has 98 valence electrons. The van der Waals surface area contributed by atoms with Crippen LogP contribution >= 0.6 is 24.0 Å². The van der Waals surface area contributed by atoms with Gasteiger partial charge in [-0.05, 0) is 27.2 Å². The molecule has 0 atom stereocenters. The van der Waals surface area contributed by atoms with Crippen LogP contribution in [0.25, 0.3) is 0 Å². The van der Waals surface area contributed by atoms with Crippen LogP contribution < -0.4 is 11.1 Å². The van der Waals surface area contributed by atoms with Gasteiger partial charge in [0, 0.05) is 18.7 Å². The van der Waals surface area contributed by atoms with Gasteiger partial charge in [-0.1, -0.05) is 0 Å². The highest BCUT2D eigenvalue weighted by molar-refractivity contribution is 14.0. The molecule has 6 heteroatoms. The topological polar surface area (TPSA) is 79.9 Å². The third-order valence-corrected chi connectivity index (χ3v) is 1.47. The Balaban J connectivity index is 0. The van der Waals surface area contributed by atoms with Gasteiger partial charge in [-0.3, -0.25) is 4.99 Å². The van der Waals surface area contributed by atoms with Gasteiger partial charge in [0.25, 0.3) is 0 Å². The molecule has 0 aliphatic rings. The second kappa shape index (κ2) is 10.1. The average molecular weight is 345 g/mol. The molecular weight excluding hydrogens is 321 g/mol. The summed E-state index contributed by atoms with van der Waals surface area (Å²) in [7, 11) is 0. The molecule has 0 radical (unpaired) electrons. The lowest BCUT2D eigenvalue weighted by Gasteiger charge is -2.20. The van der Waals surface area contributed by atoms with Crippen molar-refractivity contribution in [2.45, 2.75) is 32.7 Å². The Labute approximate surface area is 115 Å². The van der Waals surface area contributed by atoms with Crippen LogP contribution in [-0.2, 0) is 4.74 Å². The molecule has 0 aliphatic heterocycles. The maximum absolute atomic E-state index is 8.46. The number of aliphatic imine (C=N–C) groups is 1. The summed E-state index contributed by atoms with van der Waals surface area (Å²) < 4.78 is 5.09. The van der Waals surface area contributed by atoms with E-state index in [0.29, 0.717) is 25.7 Å². The SMILES string of the molecule is CC(C)(C)NC(N)=NCCCOCCO.I. The van der Waals surface area contributed by atoms with Crippen molar-refractivity contribution in [1.82, 2.24) is 5.32 Å². The van der Waals surface area contributed by atoms with Crippen molar-refractivity contribution in [1.29, 1.82) is 0 Å². The first-order chi connectivity index (χ1) is 6.95. The van der Waals surface area contributed by atoms with Gasteiger partial charge < -0.3 is 20.9 Å². The van der Waals surface area contributed by atoms with Crippen LogP contribution in [0, 0.1) is 0 Å². The first-order valence-corrected chi connectivity index (χ1v) is 5.22. The van der Waals surface area contributed by atoms with Crippen molar-refractivity contribution in [2.24, 2.45) is 10.7 Å². The Bertz CT molecular complexity index is 193. The van der Waals surface area contributed by atoms with Crippen molar-refractivity contribution < 1.29 is 9.84 Å². The van der Waals surface area contributed by atoms with Crippen LogP contribution in [-0.4, -0.2) is 43.0 Å². The van der Waals surface area contributed by atoms with Gasteiger partial charge in [-0.25, -0.2) is 0 Å². The molecule has 4 N–H and O–H groups in total. The Kier molecular flexibility index (Phi) is 11.5. The van der Waals surface area contributed by atoms with E-state index in [2.05, 4.69) is 10.3 Å². The number of nitrogens with one attached hydrogen (secondary N) is 1. The van der Waals surface area contributed by atoms with E-state index in [9.17, 15) is 0 Å². The van der Waals surface area contributed by atoms with E-state index in [-0.39, 0.29) is 36.1 Å². The first kappa shape index (κ1) is 18.3. The number of hydrogen-bond acceptors (Lipinski definition) is 3. The molecule has 0 aromatic rings. The van der Waals surface area contributed by atoms with E-state index in [1.807, 2.05) is 20.8 Å². The number of hydrogen-bond donors (Lipinski definition) is 3. The molecule has 0 saturated heterocycles. The maximum Gasteiger partial charge on any atom is 0.188 e. The molecule has 0 bridgehead atoms. The van der Waals surface area contributed by atoms with Crippen molar-refractivity contribution >= 4 is 29.9 Å². The molecule has 0 spiro atoms. The largest absolute Gasteiger partial charge is 0.394 e. The summed E-state index contributed by atoms with van der Waals surface area (Å²) in [5, 5.41) is 11.5. The normalized spacial score (nSPS) is 12.1. The highest BCUT2D eigenvalue weighted by atomic mass is 127. The summed E-state index contributed by atoms with van der Waals surface area (Å²) in [6.07, 6.45) is 0.812. The van der Waals surface area contributed by atoms with E-state index in [4.69, 9.17) is 15.6 Å². The minimum absolute atomic E-state index is 0. The fraction of sp³-hybridized carbons (Fsp3) is 0.900. The van der Waals surface area contributed by atoms with Crippen LogP contribution in [0.3, 0.4) is 0 Å². The lowest BCUT2D eigenvalue weighted by Crippen LogP contribution is -2.45. The van der Waals surface area contributed by atoms with E-state index >= 15 is 0 Å². The molecule has 0 amide bonds.